The molecule has 5 aliphatic rings. The number of rotatable bonds is 8. The zero-order valence-electron chi connectivity index (χ0n) is 24.7. The van der Waals surface area contributed by atoms with E-state index in [-0.39, 0.29) is 53.8 Å². The number of amides is 4. The maximum atomic E-state index is 13.4. The summed E-state index contributed by atoms with van der Waals surface area (Å²) in [5.74, 6) is -3.84. The van der Waals surface area contributed by atoms with Crippen molar-refractivity contribution in [3.05, 3.63) is 40.1 Å². The number of allylic oxidation sites excluding steroid dienone is 1. The first-order valence-electron chi connectivity index (χ1n) is 14.3. The number of esters is 1. The van der Waals surface area contributed by atoms with Crippen molar-refractivity contribution in [3.63, 3.8) is 0 Å². The molecule has 3 saturated heterocycles. The van der Waals surface area contributed by atoms with Crippen LogP contribution in [0.1, 0.15) is 32.0 Å². The Hall–Kier alpha value is -4.98. The van der Waals surface area contributed by atoms with Gasteiger partial charge in [-0.3, -0.25) is 24.1 Å². The molecule has 0 aromatic carbocycles. The van der Waals surface area contributed by atoms with Gasteiger partial charge in [-0.05, 0) is 37.0 Å². The lowest BCUT2D eigenvalue weighted by Gasteiger charge is -2.50. The molecule has 1 aromatic heterocycles. The van der Waals surface area contributed by atoms with Gasteiger partial charge in [-0.15, -0.1) is 11.8 Å². The minimum atomic E-state index is -1.62. The predicted octanol–water partition coefficient (Wildman–Crippen LogP) is -1.71. The van der Waals surface area contributed by atoms with Crippen LogP contribution >= 0.6 is 23.3 Å². The molecular weight excluding hydrogens is 660 g/mol. The van der Waals surface area contributed by atoms with Crippen molar-refractivity contribution in [1.29, 1.82) is 0 Å². The third-order valence-electron chi connectivity index (χ3n) is 8.26. The molecule has 248 valence electrons. The van der Waals surface area contributed by atoms with E-state index < -0.39 is 52.7 Å². The van der Waals surface area contributed by atoms with Crippen molar-refractivity contribution < 1.29 is 48.6 Å². The molecule has 0 radical (unpaired) electrons. The SMILES string of the molecule is CC1=C(COC(=O)N2CC[C@@H](N3CC/C(=C\C4=C(C(=O)[O-])N5C(=O)[C@@H](NC(=O)/C(=N\O)c6nsc(N)n6)[C@H]5SC4)C3=O)C2)OC(=O)C1. The zero-order chi connectivity index (χ0) is 33.6. The van der Waals surface area contributed by atoms with Crippen LogP contribution in [0.4, 0.5) is 9.93 Å². The number of hydrogen-bond acceptors (Lipinski definition) is 16. The number of oxime groups is 1. The summed E-state index contributed by atoms with van der Waals surface area (Å²) in [5.41, 5.74) is 5.81. The highest BCUT2D eigenvalue weighted by atomic mass is 32.2. The fourth-order valence-corrected chi connectivity index (χ4v) is 7.65. The lowest BCUT2D eigenvalue weighted by molar-refractivity contribution is -0.301. The van der Waals surface area contributed by atoms with Gasteiger partial charge < -0.3 is 45.4 Å². The van der Waals surface area contributed by atoms with Crippen molar-refractivity contribution in [2.75, 3.05) is 37.7 Å². The largest absolute Gasteiger partial charge is 0.543 e. The lowest BCUT2D eigenvalue weighted by Crippen LogP contribution is -2.71. The highest BCUT2D eigenvalue weighted by Gasteiger charge is 2.53. The third-order valence-corrected chi connectivity index (χ3v) is 10.1. The molecule has 6 heterocycles. The van der Waals surface area contributed by atoms with Crippen LogP contribution in [-0.2, 0) is 33.4 Å². The Bertz CT molecular complexity index is 1720. The number of β-lactam (4-membered cyclic amide) rings is 1. The summed E-state index contributed by atoms with van der Waals surface area (Å²) in [6.45, 7) is 2.52. The van der Waals surface area contributed by atoms with Gasteiger partial charge in [0.25, 0.3) is 11.8 Å². The van der Waals surface area contributed by atoms with Crippen molar-refractivity contribution >= 4 is 69.9 Å². The van der Waals surface area contributed by atoms with Crippen LogP contribution in [0.3, 0.4) is 0 Å². The number of thioether (sulfide) groups is 1. The summed E-state index contributed by atoms with van der Waals surface area (Å²) in [4.78, 5) is 83.3. The van der Waals surface area contributed by atoms with E-state index in [1.165, 1.54) is 22.7 Å². The molecule has 3 fully saturated rings. The quantitative estimate of drug-likeness (QED) is 0.0688. The number of aromatic nitrogens is 2. The molecule has 6 rings (SSSR count). The number of carbonyl (C=O) groups excluding carboxylic acids is 6. The van der Waals surface area contributed by atoms with E-state index in [1.54, 1.807) is 11.8 Å². The van der Waals surface area contributed by atoms with Gasteiger partial charge in [0.05, 0.1) is 24.1 Å². The Morgan fingerprint density at radius 3 is 2.72 bits per heavy atom. The molecule has 0 aliphatic carbocycles. The number of ether oxygens (including phenoxy) is 2. The Morgan fingerprint density at radius 2 is 2.06 bits per heavy atom. The van der Waals surface area contributed by atoms with Crippen LogP contribution in [0.2, 0.25) is 0 Å². The van der Waals surface area contributed by atoms with Crippen molar-refractivity contribution in [2.45, 2.75) is 43.6 Å². The number of aliphatic carboxylic acids is 1. The van der Waals surface area contributed by atoms with Gasteiger partial charge >= 0.3 is 12.1 Å². The molecule has 1 aromatic rings. The maximum absolute atomic E-state index is 13.4. The topological polar surface area (TPSA) is 250 Å². The molecule has 5 aliphatic heterocycles. The third kappa shape index (κ3) is 6.00. The number of fused-ring (bicyclic) bond motifs is 1. The molecular formula is C27H27N8O10S2-. The number of nitrogens with two attached hydrogens (primary N) is 1. The Balaban J connectivity index is 1.09. The number of likely N-dealkylation sites (tertiary alicyclic amines) is 2. The molecule has 0 bridgehead atoms. The van der Waals surface area contributed by atoms with Crippen molar-refractivity contribution in [1.82, 2.24) is 29.4 Å². The Kier molecular flexibility index (Phi) is 8.62. The minimum Gasteiger partial charge on any atom is -0.543 e. The number of anilines is 1. The number of nitrogen functional groups attached to an aromatic ring is 1. The highest BCUT2D eigenvalue weighted by molar-refractivity contribution is 8.00. The minimum absolute atomic E-state index is 0.0290. The number of carbonyl (C=O) groups is 6. The van der Waals surface area contributed by atoms with Crippen LogP contribution < -0.4 is 16.2 Å². The fourth-order valence-electron chi connectivity index (χ4n) is 5.91. The standard InChI is InChI=1S/C27H28N8O10S2/c1-11-6-16(36)45-15(11)9-44-27(42)33-4-3-14(8-33)34-5-2-12(22(34)38)7-13-10-46-24-18(23(39)35(24)19(13)25(40)41)29-21(37)17(31-43)20-30-26(28)47-32-20/h7,14,18,24,43H,2-6,8-10H2,1H3,(H,29,37)(H,40,41)(H2,28,30,32)/p-1/b12-7+,31-17-/t14-,18-,24-/m1/s1. The number of cyclic esters (lactones) is 1. The highest BCUT2D eigenvalue weighted by Crippen LogP contribution is 2.41. The maximum Gasteiger partial charge on any atom is 0.410 e. The summed E-state index contributed by atoms with van der Waals surface area (Å²) in [6.07, 6.45) is 1.87. The molecule has 0 saturated carbocycles. The van der Waals surface area contributed by atoms with E-state index in [4.69, 9.17) is 15.2 Å². The average Bonchev–Trinajstić information content (AvgIpc) is 3.83. The second-order valence-corrected chi connectivity index (χ2v) is 13.0. The van der Waals surface area contributed by atoms with Gasteiger partial charge in [0.1, 0.15) is 17.2 Å². The monoisotopic (exact) mass is 687 g/mol. The first-order chi connectivity index (χ1) is 22.5. The van der Waals surface area contributed by atoms with Gasteiger partial charge in [0.15, 0.2) is 11.7 Å². The number of carboxylic acid groups (broad SMARTS) is 1. The zero-order valence-corrected chi connectivity index (χ0v) is 26.3. The number of carboxylic acids is 1. The van der Waals surface area contributed by atoms with E-state index in [9.17, 15) is 39.1 Å². The van der Waals surface area contributed by atoms with Crippen molar-refractivity contribution in [2.24, 2.45) is 5.16 Å². The van der Waals surface area contributed by atoms with Crippen LogP contribution in [-0.4, -0.2) is 120 Å². The second kappa shape index (κ2) is 12.7. The summed E-state index contributed by atoms with van der Waals surface area (Å²) < 4.78 is 14.2. The van der Waals surface area contributed by atoms with Crippen LogP contribution in [0.15, 0.2) is 39.4 Å². The smallest absolute Gasteiger partial charge is 0.410 e. The van der Waals surface area contributed by atoms with Gasteiger partial charge in [-0.25, -0.2) is 4.79 Å². The first-order valence-corrected chi connectivity index (χ1v) is 16.1. The van der Waals surface area contributed by atoms with Gasteiger partial charge in [0.2, 0.25) is 17.4 Å². The average molecular weight is 688 g/mol. The van der Waals surface area contributed by atoms with E-state index >= 15 is 0 Å². The number of nitrogens with zero attached hydrogens (tertiary/aromatic N) is 6. The van der Waals surface area contributed by atoms with Crippen LogP contribution in [0, 0.1) is 0 Å². The molecule has 47 heavy (non-hydrogen) atoms. The number of hydrogen-bond donors (Lipinski definition) is 3. The normalized spacial score (nSPS) is 25.4. The van der Waals surface area contributed by atoms with Crippen LogP contribution in [0.5, 0.6) is 0 Å². The van der Waals surface area contributed by atoms with Crippen molar-refractivity contribution in [3.8, 4) is 0 Å². The number of nitrogens with one attached hydrogen (secondary N) is 1. The fraction of sp³-hybridized carbons (Fsp3) is 0.444. The molecule has 4 N–H and O–H groups in total. The predicted molar refractivity (Wildman–Crippen MR) is 159 cm³/mol. The van der Waals surface area contributed by atoms with Gasteiger partial charge in [0, 0.05) is 42.5 Å². The summed E-state index contributed by atoms with van der Waals surface area (Å²) in [6, 6.07) is -1.42. The second-order valence-electron chi connectivity index (χ2n) is 11.1. The molecule has 18 nitrogen and oxygen atoms in total. The Labute approximate surface area is 274 Å². The van der Waals surface area contributed by atoms with E-state index in [2.05, 4.69) is 19.8 Å². The molecule has 0 unspecified atom stereocenters. The van der Waals surface area contributed by atoms with Gasteiger partial charge in [-0.1, -0.05) is 5.16 Å². The summed E-state index contributed by atoms with van der Waals surface area (Å²) in [7, 11) is 0. The summed E-state index contributed by atoms with van der Waals surface area (Å²) in [5, 5.41) is 26.1. The van der Waals surface area contributed by atoms with E-state index in [1.807, 2.05) is 0 Å². The molecule has 4 amide bonds. The van der Waals surface area contributed by atoms with E-state index in [0.717, 1.165) is 16.4 Å². The van der Waals surface area contributed by atoms with E-state index in [0.29, 0.717) is 42.8 Å². The first kappa shape index (κ1) is 32.0. The molecule has 20 heteroatoms. The van der Waals surface area contributed by atoms with Crippen LogP contribution in [0.25, 0.3) is 0 Å². The lowest BCUT2D eigenvalue weighted by atomic mass is 10.0. The van der Waals surface area contributed by atoms with Gasteiger partial charge in [-0.2, -0.15) is 9.36 Å². The Morgan fingerprint density at radius 1 is 1.28 bits per heavy atom. The molecule has 3 atom stereocenters. The molecule has 0 spiro atoms. The summed E-state index contributed by atoms with van der Waals surface area (Å²) >= 11 is 1.95.